The lowest BCUT2D eigenvalue weighted by Gasteiger charge is -2.07. The maximum absolute atomic E-state index is 5.84. The number of benzene rings is 1. The molecule has 14 heavy (non-hydrogen) atoms. The lowest BCUT2D eigenvalue weighted by atomic mass is 10.2. The molecule has 4 heteroatoms. The zero-order valence-electron chi connectivity index (χ0n) is 7.78. The Morgan fingerprint density at radius 2 is 2.29 bits per heavy atom. The first-order valence-electron chi connectivity index (χ1n) is 4.36. The van der Waals surface area contributed by atoms with Gasteiger partial charge in [-0.3, -0.25) is 0 Å². The van der Waals surface area contributed by atoms with Crippen molar-refractivity contribution >= 4 is 39.7 Å². The Labute approximate surface area is 92.1 Å². The summed E-state index contributed by atoms with van der Waals surface area (Å²) in [5.74, 6) is 0.779. The van der Waals surface area contributed by atoms with Gasteiger partial charge in [0, 0.05) is 10.1 Å². The molecule has 0 saturated heterocycles. The van der Waals surface area contributed by atoms with Crippen molar-refractivity contribution in [3.8, 4) is 5.75 Å². The molecule has 0 amide bonds. The third kappa shape index (κ3) is 1.55. The molecule has 0 radical (unpaired) electrons. The Hall–Kier alpha value is -0.870. The van der Waals surface area contributed by atoms with E-state index in [4.69, 9.17) is 10.5 Å². The van der Waals surface area contributed by atoms with Gasteiger partial charge in [-0.25, -0.2) is 0 Å². The number of anilines is 1. The molecule has 0 saturated carbocycles. The van der Waals surface area contributed by atoms with Gasteiger partial charge in [-0.1, -0.05) is 0 Å². The van der Waals surface area contributed by atoms with E-state index in [1.165, 1.54) is 0 Å². The molecular weight excluding hydrogens is 214 g/mol. The highest BCUT2D eigenvalue weighted by atomic mass is 32.2. The number of nitrogen functional groups attached to an aromatic ring is 1. The first-order valence-corrected chi connectivity index (χ1v) is 5.62. The minimum absolute atomic E-state index is 0.626. The van der Waals surface area contributed by atoms with Gasteiger partial charge in [0.25, 0.3) is 0 Å². The van der Waals surface area contributed by atoms with E-state index in [0.717, 1.165) is 20.0 Å². The predicted octanol–water partition coefficient (Wildman–Crippen LogP) is 3.17. The molecule has 0 aliphatic carbocycles. The molecule has 0 aliphatic rings. The molecule has 0 atom stereocenters. The van der Waals surface area contributed by atoms with Crippen molar-refractivity contribution in [1.29, 1.82) is 0 Å². The van der Waals surface area contributed by atoms with Gasteiger partial charge in [0.1, 0.15) is 0 Å². The fraction of sp³-hybridized carbons (Fsp3) is 0.200. The van der Waals surface area contributed by atoms with Gasteiger partial charge in [0.05, 0.1) is 16.5 Å². The molecular formula is C10H11NOS2. The third-order valence-corrected chi connectivity index (χ3v) is 3.26. The normalized spacial score (nSPS) is 10.7. The topological polar surface area (TPSA) is 35.2 Å². The maximum Gasteiger partial charge on any atom is 0.150 e. The summed E-state index contributed by atoms with van der Waals surface area (Å²) >= 11 is 5.94. The number of fused-ring (bicyclic) bond motifs is 1. The highest BCUT2D eigenvalue weighted by Crippen LogP contribution is 2.38. The summed E-state index contributed by atoms with van der Waals surface area (Å²) in [6, 6.07) is 5.86. The van der Waals surface area contributed by atoms with E-state index in [0.29, 0.717) is 12.3 Å². The first-order chi connectivity index (χ1) is 6.72. The molecule has 0 bridgehead atoms. The number of rotatable bonds is 2. The molecule has 2 N–H and O–H groups in total. The van der Waals surface area contributed by atoms with Crippen LogP contribution in [0.4, 0.5) is 5.69 Å². The summed E-state index contributed by atoms with van der Waals surface area (Å²) in [7, 11) is 0. The van der Waals surface area contributed by atoms with E-state index in [9.17, 15) is 0 Å². The van der Waals surface area contributed by atoms with Gasteiger partial charge in [0.2, 0.25) is 0 Å². The lowest BCUT2D eigenvalue weighted by molar-refractivity contribution is 0.346. The van der Waals surface area contributed by atoms with Crippen LogP contribution in [0.15, 0.2) is 22.4 Å². The first kappa shape index (κ1) is 9.68. The van der Waals surface area contributed by atoms with Crippen molar-refractivity contribution in [2.24, 2.45) is 0 Å². The molecule has 0 aliphatic heterocycles. The minimum atomic E-state index is 0.626. The average molecular weight is 225 g/mol. The van der Waals surface area contributed by atoms with Crippen LogP contribution in [-0.4, -0.2) is 6.61 Å². The van der Waals surface area contributed by atoms with Crippen LogP contribution in [0.2, 0.25) is 0 Å². The largest absolute Gasteiger partial charge is 0.491 e. The molecule has 0 unspecified atom stereocenters. The molecule has 74 valence electrons. The summed E-state index contributed by atoms with van der Waals surface area (Å²) in [5, 5.41) is 1.06. The van der Waals surface area contributed by atoms with Crippen LogP contribution in [0.25, 0.3) is 10.1 Å². The summed E-state index contributed by atoms with van der Waals surface area (Å²) in [5.41, 5.74) is 6.52. The van der Waals surface area contributed by atoms with Crippen LogP contribution in [0, 0.1) is 0 Å². The second-order valence-electron chi connectivity index (χ2n) is 2.91. The Kier molecular flexibility index (Phi) is 2.56. The van der Waals surface area contributed by atoms with E-state index < -0.39 is 0 Å². The van der Waals surface area contributed by atoms with Crippen molar-refractivity contribution in [2.75, 3.05) is 12.3 Å². The predicted molar refractivity (Wildman–Crippen MR) is 64.7 cm³/mol. The van der Waals surface area contributed by atoms with Gasteiger partial charge in [-0.2, -0.15) is 0 Å². The monoisotopic (exact) mass is 225 g/mol. The molecule has 2 nitrogen and oxygen atoms in total. The summed E-state index contributed by atoms with van der Waals surface area (Å²) < 4.78 is 7.65. The van der Waals surface area contributed by atoms with Crippen molar-refractivity contribution in [3.63, 3.8) is 0 Å². The number of thiophene rings is 1. The van der Waals surface area contributed by atoms with Crippen molar-refractivity contribution in [2.45, 2.75) is 11.1 Å². The SMILES string of the molecule is CCOc1c(N)ccc2sc(S)cc12. The molecule has 2 aromatic rings. The lowest BCUT2D eigenvalue weighted by Crippen LogP contribution is -1.96. The van der Waals surface area contributed by atoms with Gasteiger partial charge in [0.15, 0.2) is 5.75 Å². The van der Waals surface area contributed by atoms with Crippen LogP contribution < -0.4 is 10.5 Å². The summed E-state index contributed by atoms with van der Waals surface area (Å²) in [6.45, 7) is 2.58. The quantitative estimate of drug-likeness (QED) is 0.608. The summed E-state index contributed by atoms with van der Waals surface area (Å²) in [6.07, 6.45) is 0. The van der Waals surface area contributed by atoms with E-state index in [1.807, 2.05) is 25.1 Å². The molecule has 2 rings (SSSR count). The Bertz CT molecular complexity index is 464. The second kappa shape index (κ2) is 3.71. The van der Waals surface area contributed by atoms with Crippen molar-refractivity contribution < 1.29 is 4.74 Å². The highest BCUT2D eigenvalue weighted by Gasteiger charge is 2.08. The third-order valence-electron chi connectivity index (χ3n) is 1.96. The Morgan fingerprint density at radius 3 is 3.00 bits per heavy atom. The smallest absolute Gasteiger partial charge is 0.150 e. The number of nitrogens with two attached hydrogens (primary N) is 1. The zero-order chi connectivity index (χ0) is 10.1. The highest BCUT2D eigenvalue weighted by molar-refractivity contribution is 7.83. The van der Waals surface area contributed by atoms with Gasteiger partial charge < -0.3 is 10.5 Å². The fourth-order valence-corrected chi connectivity index (χ4v) is 2.62. The van der Waals surface area contributed by atoms with E-state index in [2.05, 4.69) is 12.6 Å². The van der Waals surface area contributed by atoms with Crippen molar-refractivity contribution in [1.82, 2.24) is 0 Å². The molecule has 1 aromatic carbocycles. The van der Waals surface area contributed by atoms with E-state index in [-0.39, 0.29) is 0 Å². The van der Waals surface area contributed by atoms with Crippen LogP contribution in [0.1, 0.15) is 6.92 Å². The molecule has 1 heterocycles. The van der Waals surface area contributed by atoms with Gasteiger partial charge in [-0.05, 0) is 25.1 Å². The number of hydrogen-bond acceptors (Lipinski definition) is 4. The summed E-state index contributed by atoms with van der Waals surface area (Å²) in [4.78, 5) is 0. The Balaban J connectivity index is 2.68. The van der Waals surface area contributed by atoms with Crippen LogP contribution >= 0.6 is 24.0 Å². The second-order valence-corrected chi connectivity index (χ2v) is 4.78. The standard InChI is InChI=1S/C10H11NOS2/c1-2-12-10-6-5-9(13)14-8(6)4-3-7(10)11/h3-5,13H,2,11H2,1H3. The van der Waals surface area contributed by atoms with E-state index >= 15 is 0 Å². The zero-order valence-corrected chi connectivity index (χ0v) is 9.49. The van der Waals surface area contributed by atoms with Crippen LogP contribution in [0.5, 0.6) is 5.75 Å². The van der Waals surface area contributed by atoms with Gasteiger partial charge >= 0.3 is 0 Å². The van der Waals surface area contributed by atoms with Gasteiger partial charge in [-0.15, -0.1) is 24.0 Å². The number of ether oxygens (including phenoxy) is 1. The number of thiol groups is 1. The van der Waals surface area contributed by atoms with Crippen molar-refractivity contribution in [3.05, 3.63) is 18.2 Å². The minimum Gasteiger partial charge on any atom is -0.491 e. The molecule has 1 aromatic heterocycles. The Morgan fingerprint density at radius 1 is 1.50 bits per heavy atom. The fourth-order valence-electron chi connectivity index (χ4n) is 1.40. The number of hydrogen-bond donors (Lipinski definition) is 2. The van der Waals surface area contributed by atoms with Crippen LogP contribution in [-0.2, 0) is 0 Å². The molecule has 0 spiro atoms. The molecule has 0 fully saturated rings. The average Bonchev–Trinajstić information content (AvgIpc) is 2.51. The van der Waals surface area contributed by atoms with E-state index in [1.54, 1.807) is 11.3 Å². The van der Waals surface area contributed by atoms with Crippen LogP contribution in [0.3, 0.4) is 0 Å². The maximum atomic E-state index is 5.84.